The summed E-state index contributed by atoms with van der Waals surface area (Å²) < 4.78 is 26.3. The van der Waals surface area contributed by atoms with Gasteiger partial charge in [-0.25, -0.2) is 8.42 Å². The molecular formula is C28H41N3O4S. The van der Waals surface area contributed by atoms with Crippen LogP contribution in [0.15, 0.2) is 48.5 Å². The zero-order valence-electron chi connectivity index (χ0n) is 22.3. The highest BCUT2D eigenvalue weighted by molar-refractivity contribution is 7.92. The Hall–Kier alpha value is -2.87. The Balaban J connectivity index is 2.19. The number of amides is 2. The van der Waals surface area contributed by atoms with E-state index in [9.17, 15) is 18.0 Å². The highest BCUT2D eigenvalue weighted by Crippen LogP contribution is 2.21. The molecule has 1 atom stereocenters. The predicted molar refractivity (Wildman–Crippen MR) is 146 cm³/mol. The van der Waals surface area contributed by atoms with Crippen LogP contribution in [0.4, 0.5) is 5.69 Å². The van der Waals surface area contributed by atoms with Crippen LogP contribution in [0, 0.1) is 6.92 Å². The van der Waals surface area contributed by atoms with E-state index in [4.69, 9.17) is 0 Å². The van der Waals surface area contributed by atoms with Gasteiger partial charge >= 0.3 is 0 Å². The molecule has 0 heterocycles. The minimum absolute atomic E-state index is 0.141. The molecule has 0 aliphatic rings. The van der Waals surface area contributed by atoms with Crippen molar-refractivity contribution >= 4 is 27.5 Å². The maximum absolute atomic E-state index is 13.4. The lowest BCUT2D eigenvalue weighted by Crippen LogP contribution is -2.49. The molecule has 0 radical (unpaired) electrons. The molecule has 198 valence electrons. The van der Waals surface area contributed by atoms with Gasteiger partial charge < -0.3 is 10.2 Å². The summed E-state index contributed by atoms with van der Waals surface area (Å²) >= 11 is 0. The van der Waals surface area contributed by atoms with Crippen LogP contribution in [-0.2, 0) is 32.6 Å². The molecule has 0 bridgehead atoms. The average Bonchev–Trinajstić information content (AvgIpc) is 2.84. The number of carbonyl (C=O) groups excluding carboxylic acids is 2. The zero-order valence-corrected chi connectivity index (χ0v) is 23.1. The minimum Gasteiger partial charge on any atom is -0.354 e. The van der Waals surface area contributed by atoms with E-state index < -0.39 is 16.1 Å². The molecule has 2 rings (SSSR count). The second kappa shape index (κ2) is 14.0. The molecule has 0 fully saturated rings. The lowest BCUT2D eigenvalue weighted by molar-refractivity contribution is -0.141. The van der Waals surface area contributed by atoms with Crippen LogP contribution in [-0.4, -0.2) is 50.5 Å². The van der Waals surface area contributed by atoms with Crippen LogP contribution in [0.3, 0.4) is 0 Å². The SMILES string of the molecule is CCCNC(=O)C(CC)N(Cc1cccc(C)c1)C(=O)CCCN(c1ccc(CC)cc1)S(C)(=O)=O. The number of hydrogen-bond acceptors (Lipinski definition) is 4. The number of hydrogen-bond donors (Lipinski definition) is 1. The first kappa shape index (κ1) is 29.4. The molecule has 0 spiro atoms. The van der Waals surface area contributed by atoms with E-state index in [1.54, 1.807) is 17.0 Å². The van der Waals surface area contributed by atoms with Crippen molar-refractivity contribution in [3.8, 4) is 0 Å². The normalized spacial score (nSPS) is 12.1. The van der Waals surface area contributed by atoms with Crippen molar-refractivity contribution in [2.24, 2.45) is 0 Å². The van der Waals surface area contributed by atoms with Crippen molar-refractivity contribution in [2.45, 2.75) is 72.4 Å². The van der Waals surface area contributed by atoms with Crippen LogP contribution >= 0.6 is 0 Å². The number of benzene rings is 2. The van der Waals surface area contributed by atoms with Gasteiger partial charge in [-0.15, -0.1) is 0 Å². The minimum atomic E-state index is -3.51. The number of nitrogens with one attached hydrogen (secondary N) is 1. The third kappa shape index (κ3) is 8.66. The van der Waals surface area contributed by atoms with Crippen LogP contribution in [0.25, 0.3) is 0 Å². The topological polar surface area (TPSA) is 86.8 Å². The van der Waals surface area contributed by atoms with E-state index in [1.165, 1.54) is 10.6 Å². The van der Waals surface area contributed by atoms with Crippen LogP contribution in [0.2, 0.25) is 0 Å². The largest absolute Gasteiger partial charge is 0.354 e. The fourth-order valence-electron chi connectivity index (χ4n) is 4.19. The maximum atomic E-state index is 13.4. The van der Waals surface area contributed by atoms with Crippen molar-refractivity contribution in [1.82, 2.24) is 10.2 Å². The van der Waals surface area contributed by atoms with Gasteiger partial charge in [0.2, 0.25) is 21.8 Å². The number of rotatable bonds is 14. The standard InChI is InChI=1S/C28H41N3O4S/c1-6-18-29-28(33)26(8-3)30(21-24-12-9-11-22(4)20-24)27(32)13-10-19-31(36(5,34)35)25-16-14-23(7-2)15-17-25/h9,11-12,14-17,20,26H,6-8,10,13,18-19,21H2,1-5H3,(H,29,33). The monoisotopic (exact) mass is 515 g/mol. The number of carbonyl (C=O) groups is 2. The van der Waals surface area contributed by atoms with Crippen molar-refractivity contribution in [3.05, 3.63) is 65.2 Å². The zero-order chi connectivity index (χ0) is 26.7. The predicted octanol–water partition coefficient (Wildman–Crippen LogP) is 4.44. The Labute approximate surface area is 216 Å². The molecule has 0 saturated heterocycles. The molecule has 0 aliphatic heterocycles. The van der Waals surface area contributed by atoms with Gasteiger partial charge in [-0.2, -0.15) is 0 Å². The Morgan fingerprint density at radius 2 is 1.69 bits per heavy atom. The van der Waals surface area contributed by atoms with Crippen LogP contribution in [0.5, 0.6) is 0 Å². The molecule has 0 saturated carbocycles. The summed E-state index contributed by atoms with van der Waals surface area (Å²) in [6.45, 7) is 9.00. The van der Waals surface area contributed by atoms with Crippen molar-refractivity contribution in [2.75, 3.05) is 23.7 Å². The molecule has 7 nitrogen and oxygen atoms in total. The number of sulfonamides is 1. The first-order valence-corrected chi connectivity index (χ1v) is 14.6. The molecule has 0 aromatic heterocycles. The van der Waals surface area contributed by atoms with E-state index >= 15 is 0 Å². The first-order chi connectivity index (χ1) is 17.1. The van der Waals surface area contributed by atoms with Gasteiger partial charge in [0.1, 0.15) is 6.04 Å². The quantitative estimate of drug-likeness (QED) is 0.403. The van der Waals surface area contributed by atoms with Gasteiger partial charge in [0.15, 0.2) is 0 Å². The highest BCUT2D eigenvalue weighted by atomic mass is 32.2. The lowest BCUT2D eigenvalue weighted by Gasteiger charge is -2.31. The summed E-state index contributed by atoms with van der Waals surface area (Å²) in [6, 6.07) is 14.8. The summed E-state index contributed by atoms with van der Waals surface area (Å²) in [5, 5.41) is 2.92. The molecule has 2 amide bonds. The first-order valence-electron chi connectivity index (χ1n) is 12.8. The van der Waals surface area contributed by atoms with E-state index in [2.05, 4.69) is 5.32 Å². The van der Waals surface area contributed by atoms with Gasteiger partial charge in [-0.05, 0) is 55.9 Å². The lowest BCUT2D eigenvalue weighted by atomic mass is 10.1. The second-order valence-corrected chi connectivity index (χ2v) is 11.1. The van der Waals surface area contributed by atoms with Crippen LogP contribution in [0.1, 0.15) is 63.1 Å². The molecule has 2 aromatic rings. The summed E-state index contributed by atoms with van der Waals surface area (Å²) in [6.07, 6.45) is 3.84. The van der Waals surface area contributed by atoms with E-state index in [-0.39, 0.29) is 24.8 Å². The fourth-order valence-corrected chi connectivity index (χ4v) is 5.16. The van der Waals surface area contributed by atoms with Gasteiger partial charge in [-0.1, -0.05) is 62.7 Å². The van der Waals surface area contributed by atoms with Crippen molar-refractivity contribution in [1.29, 1.82) is 0 Å². The summed E-state index contributed by atoms with van der Waals surface area (Å²) in [5.74, 6) is -0.320. The molecule has 8 heteroatoms. The Morgan fingerprint density at radius 1 is 1.00 bits per heavy atom. The number of nitrogens with zero attached hydrogens (tertiary/aromatic N) is 2. The number of aryl methyl sites for hydroxylation is 2. The summed E-state index contributed by atoms with van der Waals surface area (Å²) in [7, 11) is -3.51. The van der Waals surface area contributed by atoms with Gasteiger partial charge in [-0.3, -0.25) is 13.9 Å². The van der Waals surface area contributed by atoms with E-state index in [0.717, 1.165) is 29.5 Å². The Bertz CT molecular complexity index is 1100. The van der Waals surface area contributed by atoms with E-state index in [0.29, 0.717) is 31.6 Å². The van der Waals surface area contributed by atoms with Crippen LogP contribution < -0.4 is 9.62 Å². The Morgan fingerprint density at radius 3 is 2.25 bits per heavy atom. The third-order valence-corrected chi connectivity index (χ3v) is 7.35. The molecule has 36 heavy (non-hydrogen) atoms. The van der Waals surface area contributed by atoms with Crippen molar-refractivity contribution < 1.29 is 18.0 Å². The van der Waals surface area contributed by atoms with Crippen molar-refractivity contribution in [3.63, 3.8) is 0 Å². The molecule has 2 aromatic carbocycles. The average molecular weight is 516 g/mol. The highest BCUT2D eigenvalue weighted by Gasteiger charge is 2.28. The molecule has 0 aliphatic carbocycles. The van der Waals surface area contributed by atoms with Gasteiger partial charge in [0.05, 0.1) is 11.9 Å². The molecular weight excluding hydrogens is 474 g/mol. The molecule has 1 unspecified atom stereocenters. The van der Waals surface area contributed by atoms with Gasteiger partial charge in [0.25, 0.3) is 0 Å². The summed E-state index contributed by atoms with van der Waals surface area (Å²) in [5.41, 5.74) is 3.76. The summed E-state index contributed by atoms with van der Waals surface area (Å²) in [4.78, 5) is 28.0. The smallest absolute Gasteiger partial charge is 0.242 e. The maximum Gasteiger partial charge on any atom is 0.242 e. The molecule has 1 N–H and O–H groups in total. The van der Waals surface area contributed by atoms with E-state index in [1.807, 2.05) is 64.1 Å². The number of anilines is 1. The Kier molecular flexibility index (Phi) is 11.4. The second-order valence-electron chi connectivity index (χ2n) is 9.18. The fraction of sp³-hybridized carbons (Fsp3) is 0.500. The van der Waals surface area contributed by atoms with Gasteiger partial charge in [0, 0.05) is 26.1 Å². The third-order valence-electron chi connectivity index (χ3n) is 6.16.